The first-order valence-corrected chi connectivity index (χ1v) is 12.0. The maximum atomic E-state index is 12.2. The van der Waals surface area contributed by atoms with Crippen molar-refractivity contribution in [2.75, 3.05) is 32.9 Å². The summed E-state index contributed by atoms with van der Waals surface area (Å²) in [4.78, 5) is 19.0. The van der Waals surface area contributed by atoms with E-state index in [1.54, 1.807) is 6.20 Å². The van der Waals surface area contributed by atoms with Crippen LogP contribution < -0.4 is 0 Å². The second kappa shape index (κ2) is 10.6. The van der Waals surface area contributed by atoms with E-state index >= 15 is 0 Å². The number of morpholine rings is 1. The lowest BCUT2D eigenvalue weighted by atomic mass is 9.95. The molecule has 0 spiro atoms. The molecule has 8 heteroatoms. The van der Waals surface area contributed by atoms with E-state index < -0.39 is 0 Å². The Hall–Kier alpha value is -2.29. The molecule has 1 aliphatic heterocycles. The fourth-order valence-electron chi connectivity index (χ4n) is 4.22. The van der Waals surface area contributed by atoms with Crippen LogP contribution in [0.3, 0.4) is 0 Å². The zero-order valence-electron chi connectivity index (χ0n) is 18.6. The molecule has 1 aliphatic rings. The first-order chi connectivity index (χ1) is 15.6. The van der Waals surface area contributed by atoms with Crippen LogP contribution in [0.1, 0.15) is 37.2 Å². The van der Waals surface area contributed by atoms with Crippen LogP contribution in [0.15, 0.2) is 35.1 Å². The molecule has 0 atom stereocenters. The molecule has 1 saturated heterocycles. The van der Waals surface area contributed by atoms with Crippen molar-refractivity contribution >= 4 is 27.4 Å². The van der Waals surface area contributed by atoms with Crippen molar-refractivity contribution in [1.82, 2.24) is 19.5 Å². The lowest BCUT2D eigenvalue weighted by molar-refractivity contribution is -0.143. The Labute approximate surface area is 196 Å². The van der Waals surface area contributed by atoms with Crippen LogP contribution in [0.4, 0.5) is 0 Å². The van der Waals surface area contributed by atoms with Crippen molar-refractivity contribution < 1.29 is 14.3 Å². The topological polar surface area (TPSA) is 69.0 Å². The quantitative estimate of drug-likeness (QED) is 0.434. The molecule has 0 bridgehead atoms. The highest BCUT2D eigenvalue weighted by Crippen LogP contribution is 2.34. The summed E-state index contributed by atoms with van der Waals surface area (Å²) in [6.07, 6.45) is 5.43. The van der Waals surface area contributed by atoms with Gasteiger partial charge in [-0.1, -0.05) is 6.92 Å². The van der Waals surface area contributed by atoms with Crippen LogP contribution in [0.25, 0.3) is 16.6 Å². The van der Waals surface area contributed by atoms with E-state index in [4.69, 9.17) is 14.6 Å². The Kier molecular flexibility index (Phi) is 7.55. The third kappa shape index (κ3) is 5.03. The molecule has 32 heavy (non-hydrogen) atoms. The molecular weight excluding hydrogens is 472 g/mol. The molecular formula is C24H29BrN4O3. The van der Waals surface area contributed by atoms with Gasteiger partial charge < -0.3 is 9.47 Å². The number of fused-ring (bicyclic) bond motifs is 1. The normalized spacial score (nSPS) is 14.7. The second-order valence-electron chi connectivity index (χ2n) is 7.86. The monoisotopic (exact) mass is 500 g/mol. The van der Waals surface area contributed by atoms with Crippen molar-refractivity contribution in [2.24, 2.45) is 0 Å². The van der Waals surface area contributed by atoms with E-state index in [-0.39, 0.29) is 5.97 Å². The number of nitrogens with zero attached hydrogens (tertiary/aromatic N) is 4. The van der Waals surface area contributed by atoms with Gasteiger partial charge in [0.25, 0.3) is 0 Å². The number of hydrogen-bond acceptors (Lipinski definition) is 6. The molecule has 4 rings (SSSR count). The summed E-state index contributed by atoms with van der Waals surface area (Å²) in [6, 6.07) is 6.33. The molecule has 3 aromatic heterocycles. The van der Waals surface area contributed by atoms with Crippen LogP contribution in [-0.2, 0) is 33.7 Å². The summed E-state index contributed by atoms with van der Waals surface area (Å²) in [7, 11) is 0. The summed E-state index contributed by atoms with van der Waals surface area (Å²) >= 11 is 3.57. The van der Waals surface area contributed by atoms with Gasteiger partial charge in [0.2, 0.25) is 0 Å². The van der Waals surface area contributed by atoms with Gasteiger partial charge in [0.15, 0.2) is 0 Å². The molecule has 3 aromatic rings. The summed E-state index contributed by atoms with van der Waals surface area (Å²) < 4.78 is 13.7. The average molecular weight is 501 g/mol. The van der Waals surface area contributed by atoms with Gasteiger partial charge in [-0.25, -0.2) is 4.52 Å². The van der Waals surface area contributed by atoms with E-state index in [0.717, 1.165) is 70.8 Å². The molecule has 1 fully saturated rings. The Morgan fingerprint density at radius 2 is 2.03 bits per heavy atom. The fourth-order valence-corrected chi connectivity index (χ4v) is 4.59. The maximum absolute atomic E-state index is 12.2. The van der Waals surface area contributed by atoms with Crippen LogP contribution in [0.5, 0.6) is 0 Å². The summed E-state index contributed by atoms with van der Waals surface area (Å²) in [5.74, 6) is -0.187. The molecule has 0 aromatic carbocycles. The zero-order chi connectivity index (χ0) is 22.5. The minimum absolute atomic E-state index is 0.187. The fraction of sp³-hybridized carbons (Fsp3) is 0.458. The van der Waals surface area contributed by atoms with Crippen LogP contribution in [0, 0.1) is 0 Å². The molecule has 0 unspecified atom stereocenters. The Morgan fingerprint density at radius 3 is 2.75 bits per heavy atom. The van der Waals surface area contributed by atoms with Crippen LogP contribution >= 0.6 is 15.9 Å². The minimum atomic E-state index is -0.187. The van der Waals surface area contributed by atoms with Crippen molar-refractivity contribution in [3.05, 3.63) is 52.0 Å². The Morgan fingerprint density at radius 1 is 1.22 bits per heavy atom. The van der Waals surface area contributed by atoms with E-state index in [9.17, 15) is 4.79 Å². The average Bonchev–Trinajstić information content (AvgIpc) is 3.20. The van der Waals surface area contributed by atoms with Gasteiger partial charge in [-0.15, -0.1) is 0 Å². The van der Waals surface area contributed by atoms with Gasteiger partial charge >= 0.3 is 5.97 Å². The number of carbonyl (C=O) groups excluding carboxylic acids is 1. The molecule has 7 nitrogen and oxygen atoms in total. The van der Waals surface area contributed by atoms with E-state index in [2.05, 4.69) is 55.5 Å². The van der Waals surface area contributed by atoms with Crippen LogP contribution in [-0.4, -0.2) is 58.4 Å². The van der Waals surface area contributed by atoms with E-state index in [1.165, 1.54) is 0 Å². The summed E-state index contributed by atoms with van der Waals surface area (Å²) in [6.45, 7) is 8.28. The molecule has 0 N–H and O–H groups in total. The van der Waals surface area contributed by atoms with Crippen LogP contribution in [0.2, 0.25) is 0 Å². The predicted octanol–water partition coefficient (Wildman–Crippen LogP) is 4.05. The second-order valence-corrected chi connectivity index (χ2v) is 8.78. The van der Waals surface area contributed by atoms with Gasteiger partial charge in [-0.05, 0) is 59.5 Å². The highest BCUT2D eigenvalue weighted by atomic mass is 79.9. The summed E-state index contributed by atoms with van der Waals surface area (Å²) in [5, 5.41) is 5.08. The zero-order valence-corrected chi connectivity index (χ0v) is 20.2. The van der Waals surface area contributed by atoms with Gasteiger partial charge in [-0.3, -0.25) is 14.7 Å². The van der Waals surface area contributed by atoms with Crippen molar-refractivity contribution in [3.63, 3.8) is 0 Å². The number of esters is 1. The molecule has 4 heterocycles. The van der Waals surface area contributed by atoms with E-state index in [1.807, 2.05) is 13.1 Å². The van der Waals surface area contributed by atoms with Crippen molar-refractivity contribution in [3.8, 4) is 11.1 Å². The van der Waals surface area contributed by atoms with Gasteiger partial charge in [0.1, 0.15) is 0 Å². The van der Waals surface area contributed by atoms with Crippen molar-refractivity contribution in [2.45, 2.75) is 39.7 Å². The highest BCUT2D eigenvalue weighted by molar-refractivity contribution is 9.10. The number of pyridine rings is 1. The van der Waals surface area contributed by atoms with Gasteiger partial charge in [0, 0.05) is 59.7 Å². The number of aryl methyl sites for hydroxylation is 1. The van der Waals surface area contributed by atoms with Gasteiger partial charge in [-0.2, -0.15) is 5.10 Å². The highest BCUT2D eigenvalue weighted by Gasteiger charge is 2.22. The number of halogens is 1. The third-order valence-electron chi connectivity index (χ3n) is 5.78. The SMILES string of the molecule is CCOC(=O)CCc1c(CN2CCOCC2)nn2c(CC)ccc2c1-c1cncc(Br)c1. The molecule has 170 valence electrons. The lowest BCUT2D eigenvalue weighted by Gasteiger charge is -2.27. The first kappa shape index (κ1) is 22.9. The minimum Gasteiger partial charge on any atom is -0.466 e. The smallest absolute Gasteiger partial charge is 0.306 e. The number of aromatic nitrogens is 3. The number of rotatable bonds is 8. The largest absolute Gasteiger partial charge is 0.466 e. The first-order valence-electron chi connectivity index (χ1n) is 11.2. The van der Waals surface area contributed by atoms with Crippen molar-refractivity contribution in [1.29, 1.82) is 0 Å². The van der Waals surface area contributed by atoms with E-state index in [0.29, 0.717) is 26.0 Å². The van der Waals surface area contributed by atoms with Gasteiger partial charge in [0.05, 0.1) is 31.0 Å². The molecule has 0 amide bonds. The molecule has 0 aliphatic carbocycles. The number of carbonyl (C=O) groups is 1. The standard InChI is InChI=1S/C24H29BrN4O3/c1-3-19-5-7-22-24(17-13-18(25)15-26-14-17)20(6-8-23(30)32-4-2)21(27-29(19)22)16-28-9-11-31-12-10-28/h5,7,13-15H,3-4,6,8-12,16H2,1-2H3. The number of hydrogen-bond donors (Lipinski definition) is 0. The molecule has 0 radical (unpaired) electrons. The maximum Gasteiger partial charge on any atom is 0.306 e. The predicted molar refractivity (Wildman–Crippen MR) is 127 cm³/mol. The molecule has 0 saturated carbocycles. The summed E-state index contributed by atoms with van der Waals surface area (Å²) in [5.41, 5.74) is 6.36. The Balaban J connectivity index is 1.87. The third-order valence-corrected chi connectivity index (χ3v) is 6.21. The number of ether oxygens (including phenoxy) is 2. The lowest BCUT2D eigenvalue weighted by Crippen LogP contribution is -2.36. The Bertz CT molecular complexity index is 1090.